The maximum Gasteiger partial charge on any atom is 0.0104 e. The molecule has 0 aliphatic carbocycles. The summed E-state index contributed by atoms with van der Waals surface area (Å²) in [5.74, 6) is 0. The van der Waals surface area contributed by atoms with Crippen LogP contribution >= 0.6 is 0 Å². The van der Waals surface area contributed by atoms with Gasteiger partial charge in [0.1, 0.15) is 0 Å². The van der Waals surface area contributed by atoms with Gasteiger partial charge in [-0.25, -0.2) is 0 Å². The van der Waals surface area contributed by atoms with E-state index in [2.05, 4.69) is 18.7 Å². The van der Waals surface area contributed by atoms with Gasteiger partial charge >= 0.3 is 0 Å². The second-order valence-corrected chi connectivity index (χ2v) is 4.34. The molecule has 0 aliphatic heterocycles. The van der Waals surface area contributed by atoms with Crippen LogP contribution in [0.15, 0.2) is 0 Å². The first-order valence-electron chi connectivity index (χ1n) is 6.77. The van der Waals surface area contributed by atoms with Crippen molar-refractivity contribution >= 4 is 0 Å². The van der Waals surface area contributed by atoms with Gasteiger partial charge in [0.05, 0.1) is 0 Å². The maximum atomic E-state index is 5.55. The van der Waals surface area contributed by atoms with Gasteiger partial charge in [-0.2, -0.15) is 0 Å². The Bertz CT molecular complexity index is 115. The standard InChI is InChI=1S/C13H30N2/c1-3-5-6-7-8-9-10-12-15(4-2)13-11-14/h3-14H2,1-2H3. The molecular formula is C13H30N2. The molecule has 0 atom stereocenters. The van der Waals surface area contributed by atoms with E-state index in [0.29, 0.717) is 0 Å². The Morgan fingerprint density at radius 3 is 1.93 bits per heavy atom. The summed E-state index contributed by atoms with van der Waals surface area (Å²) in [6, 6.07) is 0. The van der Waals surface area contributed by atoms with E-state index in [0.717, 1.165) is 19.6 Å². The van der Waals surface area contributed by atoms with Crippen LogP contribution in [-0.4, -0.2) is 31.1 Å². The van der Waals surface area contributed by atoms with Crippen LogP contribution < -0.4 is 5.73 Å². The molecule has 0 heterocycles. The van der Waals surface area contributed by atoms with Gasteiger partial charge in [-0.05, 0) is 19.5 Å². The molecule has 15 heavy (non-hydrogen) atoms. The van der Waals surface area contributed by atoms with Gasteiger partial charge in [0.25, 0.3) is 0 Å². The quantitative estimate of drug-likeness (QED) is 0.536. The third-order valence-corrected chi connectivity index (χ3v) is 2.97. The number of nitrogens with zero attached hydrogens (tertiary/aromatic N) is 1. The molecule has 0 amide bonds. The van der Waals surface area contributed by atoms with Crippen molar-refractivity contribution in [1.29, 1.82) is 0 Å². The number of hydrogen-bond donors (Lipinski definition) is 1. The van der Waals surface area contributed by atoms with Crippen molar-refractivity contribution in [3.8, 4) is 0 Å². The van der Waals surface area contributed by atoms with Crippen LogP contribution in [0.25, 0.3) is 0 Å². The molecule has 2 heteroatoms. The number of nitrogens with two attached hydrogens (primary N) is 1. The number of likely N-dealkylation sites (N-methyl/N-ethyl adjacent to an activating group) is 1. The highest BCUT2D eigenvalue weighted by molar-refractivity contribution is 4.56. The van der Waals surface area contributed by atoms with Crippen LogP contribution in [0, 0.1) is 0 Å². The van der Waals surface area contributed by atoms with Gasteiger partial charge in [-0.1, -0.05) is 52.4 Å². The maximum absolute atomic E-state index is 5.55. The molecule has 2 nitrogen and oxygen atoms in total. The van der Waals surface area contributed by atoms with Crippen molar-refractivity contribution in [3.63, 3.8) is 0 Å². The monoisotopic (exact) mass is 214 g/mol. The summed E-state index contributed by atoms with van der Waals surface area (Å²) in [6.07, 6.45) is 9.77. The summed E-state index contributed by atoms with van der Waals surface area (Å²) < 4.78 is 0. The highest BCUT2D eigenvalue weighted by Crippen LogP contribution is 2.07. The van der Waals surface area contributed by atoms with E-state index in [-0.39, 0.29) is 0 Å². The van der Waals surface area contributed by atoms with Crippen LogP contribution in [0.4, 0.5) is 0 Å². The summed E-state index contributed by atoms with van der Waals surface area (Å²) in [4.78, 5) is 2.45. The molecule has 0 bridgehead atoms. The molecule has 92 valence electrons. The number of rotatable bonds is 11. The molecule has 0 radical (unpaired) electrons. The van der Waals surface area contributed by atoms with Gasteiger partial charge in [0.2, 0.25) is 0 Å². The summed E-state index contributed by atoms with van der Waals surface area (Å²) in [6.45, 7) is 8.73. The minimum Gasteiger partial charge on any atom is -0.329 e. The van der Waals surface area contributed by atoms with E-state index in [4.69, 9.17) is 5.73 Å². The molecule has 0 aliphatic rings. The van der Waals surface area contributed by atoms with Crippen molar-refractivity contribution in [2.24, 2.45) is 5.73 Å². The molecule has 0 saturated carbocycles. The van der Waals surface area contributed by atoms with Crippen LogP contribution in [0.5, 0.6) is 0 Å². The van der Waals surface area contributed by atoms with E-state index >= 15 is 0 Å². The van der Waals surface area contributed by atoms with Gasteiger partial charge < -0.3 is 10.6 Å². The SMILES string of the molecule is CCCCCCCCCN(CC)CCN. The second kappa shape index (κ2) is 12.0. The summed E-state index contributed by atoms with van der Waals surface area (Å²) >= 11 is 0. The zero-order valence-electron chi connectivity index (χ0n) is 10.8. The Labute approximate surface area is 96.2 Å². The molecular weight excluding hydrogens is 184 g/mol. The van der Waals surface area contributed by atoms with Gasteiger partial charge in [0, 0.05) is 13.1 Å². The molecule has 2 N–H and O–H groups in total. The fraction of sp³-hybridized carbons (Fsp3) is 1.00. The second-order valence-electron chi connectivity index (χ2n) is 4.34. The Balaban J connectivity index is 3.14. The first-order valence-corrected chi connectivity index (χ1v) is 6.77. The topological polar surface area (TPSA) is 29.3 Å². The van der Waals surface area contributed by atoms with E-state index in [9.17, 15) is 0 Å². The summed E-state index contributed by atoms with van der Waals surface area (Å²) in [5.41, 5.74) is 5.55. The van der Waals surface area contributed by atoms with Crippen molar-refractivity contribution in [2.75, 3.05) is 26.2 Å². The van der Waals surface area contributed by atoms with E-state index in [1.54, 1.807) is 0 Å². The Morgan fingerprint density at radius 1 is 0.800 bits per heavy atom. The first-order chi connectivity index (χ1) is 7.35. The molecule has 0 saturated heterocycles. The highest BCUT2D eigenvalue weighted by Gasteiger charge is 1.99. The molecule has 0 aromatic rings. The largest absolute Gasteiger partial charge is 0.329 e. The Hall–Kier alpha value is -0.0800. The van der Waals surface area contributed by atoms with Gasteiger partial charge in [0.15, 0.2) is 0 Å². The predicted octanol–water partition coefficient (Wildman–Crippen LogP) is 3.02. The summed E-state index contributed by atoms with van der Waals surface area (Å²) in [7, 11) is 0. The van der Waals surface area contributed by atoms with Crippen LogP contribution in [-0.2, 0) is 0 Å². The minimum atomic E-state index is 0.796. The average molecular weight is 214 g/mol. The third-order valence-electron chi connectivity index (χ3n) is 2.97. The van der Waals surface area contributed by atoms with Crippen molar-refractivity contribution in [1.82, 2.24) is 4.90 Å². The number of unbranched alkanes of at least 4 members (excludes halogenated alkanes) is 6. The lowest BCUT2D eigenvalue weighted by molar-refractivity contribution is 0.288. The lowest BCUT2D eigenvalue weighted by atomic mass is 10.1. The van der Waals surface area contributed by atoms with Crippen molar-refractivity contribution in [3.05, 3.63) is 0 Å². The van der Waals surface area contributed by atoms with Gasteiger partial charge in [-0.3, -0.25) is 0 Å². The lowest BCUT2D eigenvalue weighted by Gasteiger charge is -2.18. The fourth-order valence-corrected chi connectivity index (χ4v) is 1.90. The third kappa shape index (κ3) is 10.2. The Kier molecular flexibility index (Phi) is 11.9. The summed E-state index contributed by atoms with van der Waals surface area (Å²) in [5, 5.41) is 0. The van der Waals surface area contributed by atoms with Crippen LogP contribution in [0.1, 0.15) is 58.8 Å². The normalized spacial score (nSPS) is 11.2. The van der Waals surface area contributed by atoms with Crippen LogP contribution in [0.3, 0.4) is 0 Å². The van der Waals surface area contributed by atoms with E-state index < -0.39 is 0 Å². The zero-order valence-corrected chi connectivity index (χ0v) is 10.8. The first kappa shape index (κ1) is 14.9. The molecule has 0 unspecified atom stereocenters. The predicted molar refractivity (Wildman–Crippen MR) is 69.2 cm³/mol. The van der Waals surface area contributed by atoms with Gasteiger partial charge in [-0.15, -0.1) is 0 Å². The average Bonchev–Trinajstić information content (AvgIpc) is 2.26. The Morgan fingerprint density at radius 2 is 1.40 bits per heavy atom. The highest BCUT2D eigenvalue weighted by atomic mass is 15.1. The zero-order chi connectivity index (χ0) is 11.4. The molecule has 0 aromatic heterocycles. The van der Waals surface area contributed by atoms with E-state index in [1.807, 2.05) is 0 Å². The number of hydrogen-bond acceptors (Lipinski definition) is 2. The van der Waals surface area contributed by atoms with E-state index in [1.165, 1.54) is 51.5 Å². The van der Waals surface area contributed by atoms with Crippen molar-refractivity contribution in [2.45, 2.75) is 58.8 Å². The molecule has 0 spiro atoms. The van der Waals surface area contributed by atoms with Crippen molar-refractivity contribution < 1.29 is 0 Å². The molecule has 0 rings (SSSR count). The van der Waals surface area contributed by atoms with Crippen LogP contribution in [0.2, 0.25) is 0 Å². The fourth-order valence-electron chi connectivity index (χ4n) is 1.90. The molecule has 0 aromatic carbocycles. The lowest BCUT2D eigenvalue weighted by Crippen LogP contribution is -2.30. The smallest absolute Gasteiger partial charge is 0.0104 e. The molecule has 0 fully saturated rings. The minimum absolute atomic E-state index is 0.796.